The molecule has 0 radical (unpaired) electrons. The Morgan fingerprint density at radius 2 is 1.49 bits per heavy atom. The maximum Gasteiger partial charge on any atom is 0.409 e. The van der Waals surface area contributed by atoms with Crippen molar-refractivity contribution in [2.75, 3.05) is 40.1 Å². The van der Waals surface area contributed by atoms with E-state index in [0.29, 0.717) is 44.0 Å². The first-order chi connectivity index (χ1) is 31.9. The van der Waals surface area contributed by atoms with Crippen molar-refractivity contribution in [1.29, 1.82) is 0 Å². The van der Waals surface area contributed by atoms with Crippen LogP contribution in [0.3, 0.4) is 0 Å². The second-order valence-corrected chi connectivity index (χ2v) is 18.1. The van der Waals surface area contributed by atoms with E-state index in [0.717, 1.165) is 78.7 Å². The fourth-order valence-corrected chi connectivity index (χ4v) is 10.4. The highest BCUT2D eigenvalue weighted by Gasteiger charge is 2.65. The van der Waals surface area contributed by atoms with Gasteiger partial charge in [0.2, 0.25) is 5.79 Å². The quantitative estimate of drug-likeness (QED) is 0.0420. The van der Waals surface area contributed by atoms with Gasteiger partial charge in [0.15, 0.2) is 0 Å². The van der Waals surface area contributed by atoms with Crippen molar-refractivity contribution in [3.63, 3.8) is 0 Å². The van der Waals surface area contributed by atoms with Crippen molar-refractivity contribution < 1.29 is 38.8 Å². The van der Waals surface area contributed by atoms with E-state index >= 15 is 0 Å². The molecule has 2 N–H and O–H groups in total. The number of hydrogen-bond acceptors (Lipinski definition) is 9. The zero-order valence-corrected chi connectivity index (χ0v) is 39.5. The normalized spacial score (nSPS) is 22.6. The Bertz CT molecular complexity index is 1970. The van der Waals surface area contributed by atoms with Crippen molar-refractivity contribution in [3.8, 4) is 28.4 Å². The molecule has 0 saturated heterocycles. The number of ether oxygens (including phenoxy) is 4. The highest BCUT2D eigenvalue weighted by molar-refractivity contribution is 6.03. The molecular formula is C55H76N2O8. The Labute approximate surface area is 389 Å². The number of fused-ring (bicyclic) bond motifs is 2. The van der Waals surface area contributed by atoms with Crippen LogP contribution >= 0.6 is 0 Å². The van der Waals surface area contributed by atoms with Crippen LogP contribution in [0.1, 0.15) is 134 Å². The average molecular weight is 893 g/mol. The molecule has 1 amide bonds. The van der Waals surface area contributed by atoms with Gasteiger partial charge in [-0.3, -0.25) is 0 Å². The third-order valence-corrected chi connectivity index (χ3v) is 13.6. The van der Waals surface area contributed by atoms with Gasteiger partial charge in [-0.05, 0) is 97.9 Å². The lowest BCUT2D eigenvalue weighted by Crippen LogP contribution is -2.69. The number of unbranched alkanes of at least 4 members (excludes halogenated alkanes) is 11. The first-order valence-electron chi connectivity index (χ1n) is 24.8. The lowest BCUT2D eigenvalue weighted by molar-refractivity contribution is -0.253. The van der Waals surface area contributed by atoms with Gasteiger partial charge in [-0.2, -0.15) is 0 Å². The number of carbonyl (C=O) groups is 1. The molecule has 6 atom stereocenters. The Hall–Kier alpha value is -4.64. The summed E-state index contributed by atoms with van der Waals surface area (Å²) < 4.78 is 26.9. The average Bonchev–Trinajstić information content (AvgIpc) is 3.33. The molecule has 10 nitrogen and oxygen atoms in total. The molecular weight excluding hydrogens is 817 g/mol. The van der Waals surface area contributed by atoms with Crippen LogP contribution < -0.4 is 9.47 Å². The molecule has 1 aliphatic heterocycles. The van der Waals surface area contributed by atoms with E-state index in [1.807, 2.05) is 49.4 Å². The van der Waals surface area contributed by atoms with Gasteiger partial charge < -0.3 is 38.9 Å². The summed E-state index contributed by atoms with van der Waals surface area (Å²) >= 11 is 0. The molecule has 65 heavy (non-hydrogen) atoms. The molecule has 1 fully saturated rings. The summed E-state index contributed by atoms with van der Waals surface area (Å²) in [5.74, 6) is 0.407. The van der Waals surface area contributed by atoms with Crippen LogP contribution in [-0.4, -0.2) is 78.8 Å². The Morgan fingerprint density at radius 3 is 2.17 bits per heavy atom. The van der Waals surface area contributed by atoms with Crippen molar-refractivity contribution in [2.45, 2.75) is 141 Å². The van der Waals surface area contributed by atoms with Crippen LogP contribution in [-0.2, 0) is 14.3 Å². The molecule has 3 aliphatic rings. The molecule has 1 saturated carbocycles. The molecule has 1 heterocycles. The highest BCUT2D eigenvalue weighted by Crippen LogP contribution is 2.62. The number of aliphatic hydroxyl groups is 2. The molecule has 0 bridgehead atoms. The number of rotatable bonds is 28. The van der Waals surface area contributed by atoms with E-state index < -0.39 is 23.8 Å². The van der Waals surface area contributed by atoms with Crippen LogP contribution in [0.4, 0.5) is 4.79 Å². The molecule has 10 heteroatoms. The number of oxime groups is 1. The van der Waals surface area contributed by atoms with E-state index in [1.165, 1.54) is 44.9 Å². The minimum absolute atomic E-state index is 0.101. The fraction of sp³-hybridized carbons (Fsp3) is 0.564. The highest BCUT2D eigenvalue weighted by atomic mass is 16.7. The number of hydrogen-bond donors (Lipinski definition) is 2. The first kappa shape index (κ1) is 49.8. The van der Waals surface area contributed by atoms with E-state index in [2.05, 4.69) is 49.9 Å². The second-order valence-electron chi connectivity index (χ2n) is 18.1. The number of amides is 1. The van der Waals surface area contributed by atoms with Gasteiger partial charge >= 0.3 is 6.09 Å². The second kappa shape index (κ2) is 25.9. The standard InChI is InChI=1S/C55H76N2O8/c1-5-8-9-10-11-12-13-14-15-23-37-61-54(60)57(4)51-40-49(56-63-7-3)47-38-43(26-19-21-34-58)46(27-20-22-35-59)52-48-39-45(32-33-50(48)65-55(51,53(47)52)62-36-6-2)64-44-30-28-42(29-31-44)41-24-17-16-18-25-41/h6,16-18,24-25,28-33,38-39,43,46,51-53,58-59H,2,5,7-15,19-23,26-27,34-37,40H2,1,3-4H3. The Kier molecular flexibility index (Phi) is 19.8. The summed E-state index contributed by atoms with van der Waals surface area (Å²) in [7, 11) is 1.78. The molecule has 6 unspecified atom stereocenters. The fourth-order valence-electron chi connectivity index (χ4n) is 10.4. The van der Waals surface area contributed by atoms with E-state index in [1.54, 1.807) is 18.0 Å². The van der Waals surface area contributed by atoms with Crippen LogP contribution in [0.2, 0.25) is 0 Å². The maximum absolute atomic E-state index is 14.2. The van der Waals surface area contributed by atoms with Gasteiger partial charge in [-0.25, -0.2) is 4.79 Å². The lowest BCUT2D eigenvalue weighted by atomic mass is 9.55. The predicted octanol–water partition coefficient (Wildman–Crippen LogP) is 12.8. The van der Waals surface area contributed by atoms with Gasteiger partial charge in [0, 0.05) is 38.2 Å². The molecule has 6 rings (SSSR count). The van der Waals surface area contributed by atoms with Crippen molar-refractivity contribution in [3.05, 3.63) is 103 Å². The van der Waals surface area contributed by atoms with Crippen molar-refractivity contribution in [2.24, 2.45) is 22.9 Å². The van der Waals surface area contributed by atoms with Crippen LogP contribution in [0.5, 0.6) is 17.2 Å². The summed E-state index contributed by atoms with van der Waals surface area (Å²) in [6.45, 7) is 9.38. The minimum Gasteiger partial charge on any atom is -0.459 e. The molecule has 3 aromatic carbocycles. The smallest absolute Gasteiger partial charge is 0.409 e. The topological polar surface area (TPSA) is 119 Å². The summed E-state index contributed by atoms with van der Waals surface area (Å²) in [5.41, 5.74) is 5.01. The summed E-state index contributed by atoms with van der Waals surface area (Å²) in [6.07, 6.45) is 20.7. The van der Waals surface area contributed by atoms with E-state index in [9.17, 15) is 15.0 Å². The number of carbonyl (C=O) groups excluding carboxylic acids is 1. The number of nitrogens with zero attached hydrogens (tertiary/aromatic N) is 2. The molecule has 3 aromatic rings. The summed E-state index contributed by atoms with van der Waals surface area (Å²) in [4.78, 5) is 21.7. The lowest BCUT2D eigenvalue weighted by Gasteiger charge is -2.59. The number of likely N-dealkylation sites (N-methyl/N-ethyl adjacent to an activating group) is 1. The maximum atomic E-state index is 14.2. The predicted molar refractivity (Wildman–Crippen MR) is 259 cm³/mol. The third-order valence-electron chi connectivity index (χ3n) is 13.6. The van der Waals surface area contributed by atoms with Gasteiger partial charge in [0.05, 0.1) is 24.8 Å². The zero-order valence-electron chi connectivity index (χ0n) is 39.5. The SMILES string of the molecule is C=CCOC12Oc3ccc(Oc4ccc(-c5ccccc5)cc4)cc3C3C(CCCCO)C(CCCCO)C=C(C(=NOCC)CC1N(C)C(=O)OCCCCCCCCCCCC)C32. The molecule has 0 aromatic heterocycles. The minimum atomic E-state index is -1.34. The largest absolute Gasteiger partial charge is 0.459 e. The third kappa shape index (κ3) is 12.8. The zero-order chi connectivity index (χ0) is 45.9. The van der Waals surface area contributed by atoms with Crippen molar-refractivity contribution >= 4 is 11.8 Å². The summed E-state index contributed by atoms with van der Waals surface area (Å²) in [6, 6.07) is 23.8. The summed E-state index contributed by atoms with van der Waals surface area (Å²) in [5, 5.41) is 24.6. The number of benzene rings is 3. The number of aliphatic hydroxyl groups excluding tert-OH is 2. The van der Waals surface area contributed by atoms with Crippen molar-refractivity contribution in [1.82, 2.24) is 4.90 Å². The Balaban J connectivity index is 1.35. The van der Waals surface area contributed by atoms with Gasteiger partial charge in [0.25, 0.3) is 0 Å². The molecule has 2 aliphatic carbocycles. The van der Waals surface area contributed by atoms with E-state index in [4.69, 9.17) is 28.9 Å². The molecule has 354 valence electrons. The van der Waals surface area contributed by atoms with Crippen LogP contribution in [0.15, 0.2) is 102 Å². The van der Waals surface area contributed by atoms with Gasteiger partial charge in [0.1, 0.15) is 29.9 Å². The van der Waals surface area contributed by atoms with Crippen LogP contribution in [0.25, 0.3) is 11.1 Å². The monoisotopic (exact) mass is 893 g/mol. The first-order valence-corrected chi connectivity index (χ1v) is 24.8. The van der Waals surface area contributed by atoms with Crippen LogP contribution in [0, 0.1) is 17.8 Å². The van der Waals surface area contributed by atoms with E-state index in [-0.39, 0.29) is 37.6 Å². The number of allylic oxidation sites excluding steroid dienone is 1. The Morgan fingerprint density at radius 1 is 0.831 bits per heavy atom. The van der Waals surface area contributed by atoms with Gasteiger partial charge in [-0.15, -0.1) is 6.58 Å². The molecule has 0 spiro atoms. The van der Waals surface area contributed by atoms with Gasteiger partial charge in [-0.1, -0.05) is 137 Å².